The van der Waals surface area contributed by atoms with Crippen molar-refractivity contribution in [2.75, 3.05) is 12.1 Å². The van der Waals surface area contributed by atoms with Crippen LogP contribution in [-0.2, 0) is 7.05 Å². The number of carbonyl (C=O) groups excluding carboxylic acids is 1. The molecular weight excluding hydrogens is 236 g/mol. The SMILES string of the molecule is Cn1ncc(NC(=O)c2ccc3c(c2)OCO3)n1. The minimum Gasteiger partial charge on any atom is -0.454 e. The number of hydrogen-bond acceptors (Lipinski definition) is 5. The zero-order valence-corrected chi connectivity index (χ0v) is 9.58. The first kappa shape index (κ1) is 10.6. The summed E-state index contributed by atoms with van der Waals surface area (Å²) in [5.74, 6) is 1.35. The predicted octanol–water partition coefficient (Wildman–Crippen LogP) is 0.796. The lowest BCUT2D eigenvalue weighted by Gasteiger charge is -2.02. The van der Waals surface area contributed by atoms with Gasteiger partial charge in [0.1, 0.15) is 0 Å². The van der Waals surface area contributed by atoms with Crippen LogP contribution >= 0.6 is 0 Å². The van der Waals surface area contributed by atoms with Crippen LogP contribution in [0.25, 0.3) is 0 Å². The van der Waals surface area contributed by atoms with Crippen molar-refractivity contribution >= 4 is 11.7 Å². The molecule has 0 aliphatic carbocycles. The monoisotopic (exact) mass is 246 g/mol. The minimum absolute atomic E-state index is 0.185. The molecule has 1 amide bonds. The molecule has 0 saturated heterocycles. The fourth-order valence-corrected chi connectivity index (χ4v) is 1.63. The summed E-state index contributed by atoms with van der Waals surface area (Å²) in [6.45, 7) is 0.185. The number of aryl methyl sites for hydroxylation is 1. The molecule has 18 heavy (non-hydrogen) atoms. The molecule has 0 saturated carbocycles. The van der Waals surface area contributed by atoms with Crippen molar-refractivity contribution in [2.24, 2.45) is 7.05 Å². The van der Waals surface area contributed by atoms with Gasteiger partial charge in [-0.1, -0.05) is 0 Å². The molecule has 0 radical (unpaired) electrons. The van der Waals surface area contributed by atoms with Gasteiger partial charge in [-0.3, -0.25) is 4.79 Å². The molecule has 2 aromatic rings. The zero-order chi connectivity index (χ0) is 12.5. The largest absolute Gasteiger partial charge is 0.454 e. The summed E-state index contributed by atoms with van der Waals surface area (Å²) in [6, 6.07) is 5.00. The molecule has 92 valence electrons. The van der Waals surface area contributed by atoms with E-state index in [1.807, 2.05) is 0 Å². The van der Waals surface area contributed by atoms with Crippen molar-refractivity contribution in [1.82, 2.24) is 15.0 Å². The van der Waals surface area contributed by atoms with E-state index in [2.05, 4.69) is 15.5 Å². The van der Waals surface area contributed by atoms with Gasteiger partial charge in [-0.2, -0.15) is 9.90 Å². The number of hydrogen-bond donors (Lipinski definition) is 1. The fraction of sp³-hybridized carbons (Fsp3) is 0.182. The maximum absolute atomic E-state index is 11.9. The van der Waals surface area contributed by atoms with E-state index in [1.54, 1.807) is 25.2 Å². The quantitative estimate of drug-likeness (QED) is 0.847. The van der Waals surface area contributed by atoms with Gasteiger partial charge in [-0.05, 0) is 18.2 Å². The van der Waals surface area contributed by atoms with Crippen LogP contribution in [0.4, 0.5) is 5.82 Å². The summed E-state index contributed by atoms with van der Waals surface area (Å²) < 4.78 is 10.4. The van der Waals surface area contributed by atoms with Gasteiger partial charge in [0, 0.05) is 12.6 Å². The van der Waals surface area contributed by atoms with Gasteiger partial charge < -0.3 is 14.8 Å². The number of aromatic nitrogens is 3. The van der Waals surface area contributed by atoms with E-state index in [9.17, 15) is 4.79 Å². The number of nitrogens with zero attached hydrogens (tertiary/aromatic N) is 3. The zero-order valence-electron chi connectivity index (χ0n) is 9.58. The van der Waals surface area contributed by atoms with Crippen LogP contribution in [0.15, 0.2) is 24.4 Å². The van der Waals surface area contributed by atoms with Crippen molar-refractivity contribution in [3.8, 4) is 11.5 Å². The Bertz CT molecular complexity index is 608. The first-order valence-electron chi connectivity index (χ1n) is 5.30. The van der Waals surface area contributed by atoms with E-state index in [0.717, 1.165) is 0 Å². The number of fused-ring (bicyclic) bond motifs is 1. The molecule has 7 heteroatoms. The van der Waals surface area contributed by atoms with Crippen LogP contribution in [-0.4, -0.2) is 27.7 Å². The maximum atomic E-state index is 11.9. The second-order valence-electron chi connectivity index (χ2n) is 3.74. The van der Waals surface area contributed by atoms with Gasteiger partial charge in [0.2, 0.25) is 6.79 Å². The number of amides is 1. The third-order valence-electron chi connectivity index (χ3n) is 2.48. The molecule has 0 spiro atoms. The highest BCUT2D eigenvalue weighted by Crippen LogP contribution is 2.32. The molecule has 1 aliphatic heterocycles. The fourth-order valence-electron chi connectivity index (χ4n) is 1.63. The van der Waals surface area contributed by atoms with E-state index >= 15 is 0 Å². The highest BCUT2D eigenvalue weighted by molar-refractivity contribution is 6.04. The average Bonchev–Trinajstić information content (AvgIpc) is 2.96. The van der Waals surface area contributed by atoms with E-state index in [0.29, 0.717) is 22.9 Å². The summed E-state index contributed by atoms with van der Waals surface area (Å²) in [5.41, 5.74) is 0.477. The lowest BCUT2D eigenvalue weighted by Crippen LogP contribution is -2.12. The number of carbonyl (C=O) groups is 1. The molecule has 0 atom stereocenters. The van der Waals surface area contributed by atoms with Gasteiger partial charge in [0.25, 0.3) is 5.91 Å². The highest BCUT2D eigenvalue weighted by Gasteiger charge is 2.16. The topological polar surface area (TPSA) is 78.3 Å². The molecule has 1 aromatic carbocycles. The standard InChI is InChI=1S/C11H10N4O3/c1-15-12-5-10(14-15)13-11(16)7-2-3-8-9(4-7)18-6-17-8/h2-5H,6H2,1H3,(H,13,14,16). The van der Waals surface area contributed by atoms with Gasteiger partial charge in [0.15, 0.2) is 17.3 Å². The Balaban J connectivity index is 1.80. The van der Waals surface area contributed by atoms with Crippen LogP contribution < -0.4 is 14.8 Å². The van der Waals surface area contributed by atoms with Gasteiger partial charge in [-0.25, -0.2) is 0 Å². The Kier molecular flexibility index (Phi) is 2.36. The highest BCUT2D eigenvalue weighted by atomic mass is 16.7. The Hall–Kier alpha value is -2.57. The third-order valence-corrected chi connectivity index (χ3v) is 2.48. The summed E-state index contributed by atoms with van der Waals surface area (Å²) in [5, 5.41) is 10.5. The van der Waals surface area contributed by atoms with Crippen LogP contribution in [0, 0.1) is 0 Å². The van der Waals surface area contributed by atoms with E-state index in [1.165, 1.54) is 11.0 Å². The van der Waals surface area contributed by atoms with Crippen LogP contribution in [0.5, 0.6) is 11.5 Å². The Morgan fingerprint density at radius 1 is 1.39 bits per heavy atom. The molecule has 7 nitrogen and oxygen atoms in total. The van der Waals surface area contributed by atoms with Gasteiger partial charge in [0.05, 0.1) is 6.20 Å². The summed E-state index contributed by atoms with van der Waals surface area (Å²) in [7, 11) is 1.68. The van der Waals surface area contributed by atoms with Crippen LogP contribution in [0.1, 0.15) is 10.4 Å². The molecular formula is C11H10N4O3. The van der Waals surface area contributed by atoms with E-state index < -0.39 is 0 Å². The summed E-state index contributed by atoms with van der Waals surface area (Å²) in [4.78, 5) is 13.3. The number of rotatable bonds is 2. The molecule has 0 bridgehead atoms. The van der Waals surface area contributed by atoms with Gasteiger partial charge >= 0.3 is 0 Å². The maximum Gasteiger partial charge on any atom is 0.257 e. The van der Waals surface area contributed by atoms with Crippen LogP contribution in [0.3, 0.4) is 0 Å². The lowest BCUT2D eigenvalue weighted by atomic mass is 10.2. The second-order valence-corrected chi connectivity index (χ2v) is 3.74. The van der Waals surface area contributed by atoms with Gasteiger partial charge in [-0.15, -0.1) is 5.10 Å². The number of ether oxygens (including phenoxy) is 2. The molecule has 3 rings (SSSR count). The lowest BCUT2D eigenvalue weighted by molar-refractivity contribution is 0.102. The first-order valence-corrected chi connectivity index (χ1v) is 5.30. The van der Waals surface area contributed by atoms with Crippen LogP contribution in [0.2, 0.25) is 0 Å². The predicted molar refractivity (Wildman–Crippen MR) is 61.5 cm³/mol. The molecule has 1 aliphatic rings. The Morgan fingerprint density at radius 2 is 2.22 bits per heavy atom. The second kappa shape index (κ2) is 4.02. The normalized spacial score (nSPS) is 12.5. The molecule has 1 N–H and O–H groups in total. The summed E-state index contributed by atoms with van der Waals surface area (Å²) >= 11 is 0. The Labute approximate surface area is 102 Å². The third kappa shape index (κ3) is 1.86. The van der Waals surface area contributed by atoms with E-state index in [4.69, 9.17) is 9.47 Å². The summed E-state index contributed by atoms with van der Waals surface area (Å²) in [6.07, 6.45) is 1.48. The van der Waals surface area contributed by atoms with Crippen molar-refractivity contribution in [3.05, 3.63) is 30.0 Å². The number of nitrogens with one attached hydrogen (secondary N) is 1. The molecule has 2 heterocycles. The smallest absolute Gasteiger partial charge is 0.257 e. The van der Waals surface area contributed by atoms with Crippen molar-refractivity contribution < 1.29 is 14.3 Å². The molecule has 1 aromatic heterocycles. The van der Waals surface area contributed by atoms with Crippen molar-refractivity contribution in [3.63, 3.8) is 0 Å². The van der Waals surface area contributed by atoms with Crippen molar-refractivity contribution in [2.45, 2.75) is 0 Å². The average molecular weight is 246 g/mol. The first-order chi connectivity index (χ1) is 8.72. The molecule has 0 unspecified atom stereocenters. The molecule has 0 fully saturated rings. The van der Waals surface area contributed by atoms with Crippen molar-refractivity contribution in [1.29, 1.82) is 0 Å². The number of anilines is 1. The Morgan fingerprint density at radius 3 is 3.00 bits per heavy atom. The minimum atomic E-state index is -0.270. The number of benzene rings is 1. The van der Waals surface area contributed by atoms with E-state index in [-0.39, 0.29) is 12.7 Å².